The highest BCUT2D eigenvalue weighted by molar-refractivity contribution is 5.96. The van der Waals surface area contributed by atoms with Gasteiger partial charge in [-0.3, -0.25) is 20.4 Å². The fourth-order valence-electron chi connectivity index (χ4n) is 2.13. The van der Waals surface area contributed by atoms with Crippen LogP contribution in [0.4, 0.5) is 0 Å². The standard InChI is InChI=1S/C17H14N2O6/c1-10-13(6-7-23-10)17(22)19-18-15(20)9-24-12-4-2-11-3-5-16(21)25-14(11)8-12/h2-8H,9H2,1H3,(H,18,20)(H,19,22). The molecule has 25 heavy (non-hydrogen) atoms. The zero-order valence-electron chi connectivity index (χ0n) is 13.2. The highest BCUT2D eigenvalue weighted by Gasteiger charge is 2.12. The average molecular weight is 342 g/mol. The van der Waals surface area contributed by atoms with Crippen LogP contribution in [0.5, 0.6) is 5.75 Å². The maximum Gasteiger partial charge on any atom is 0.336 e. The molecular weight excluding hydrogens is 328 g/mol. The summed E-state index contributed by atoms with van der Waals surface area (Å²) in [4.78, 5) is 34.8. The molecule has 0 radical (unpaired) electrons. The maximum atomic E-state index is 11.8. The summed E-state index contributed by atoms with van der Waals surface area (Å²) < 4.78 is 15.4. The molecule has 0 saturated carbocycles. The van der Waals surface area contributed by atoms with Crippen molar-refractivity contribution >= 4 is 22.8 Å². The minimum absolute atomic E-state index is 0.325. The summed E-state index contributed by atoms with van der Waals surface area (Å²) in [7, 11) is 0. The fraction of sp³-hybridized carbons (Fsp3) is 0.118. The topological polar surface area (TPSA) is 111 Å². The first-order chi connectivity index (χ1) is 12.0. The second-order valence-electron chi connectivity index (χ2n) is 5.14. The molecule has 2 N–H and O–H groups in total. The predicted octanol–water partition coefficient (Wildman–Crippen LogP) is 1.53. The Bertz CT molecular complexity index is 988. The third-order valence-electron chi connectivity index (χ3n) is 3.38. The number of amides is 2. The van der Waals surface area contributed by atoms with E-state index in [-0.39, 0.29) is 6.61 Å². The Morgan fingerprint density at radius 3 is 2.68 bits per heavy atom. The second-order valence-corrected chi connectivity index (χ2v) is 5.14. The molecule has 0 bridgehead atoms. The number of nitrogens with one attached hydrogen (secondary N) is 2. The maximum absolute atomic E-state index is 11.8. The van der Waals surface area contributed by atoms with Gasteiger partial charge in [0.15, 0.2) is 6.61 Å². The average Bonchev–Trinajstić information content (AvgIpc) is 3.03. The molecule has 8 heteroatoms. The molecule has 3 rings (SSSR count). The van der Waals surface area contributed by atoms with E-state index < -0.39 is 17.4 Å². The van der Waals surface area contributed by atoms with E-state index in [0.29, 0.717) is 22.7 Å². The van der Waals surface area contributed by atoms with E-state index in [2.05, 4.69) is 10.9 Å². The van der Waals surface area contributed by atoms with Gasteiger partial charge in [-0.2, -0.15) is 0 Å². The van der Waals surface area contributed by atoms with E-state index in [1.165, 1.54) is 24.5 Å². The summed E-state index contributed by atoms with van der Waals surface area (Å²) in [6.45, 7) is 1.31. The van der Waals surface area contributed by atoms with Crippen molar-refractivity contribution in [3.63, 3.8) is 0 Å². The van der Waals surface area contributed by atoms with Crippen LogP contribution in [0.15, 0.2) is 56.3 Å². The first-order valence-corrected chi connectivity index (χ1v) is 7.33. The molecule has 0 saturated heterocycles. The predicted molar refractivity (Wildman–Crippen MR) is 87.0 cm³/mol. The number of ether oxygens (including phenoxy) is 1. The number of hydrazine groups is 1. The highest BCUT2D eigenvalue weighted by atomic mass is 16.5. The zero-order valence-corrected chi connectivity index (χ0v) is 13.2. The van der Waals surface area contributed by atoms with Crippen LogP contribution in [0.2, 0.25) is 0 Å². The molecule has 8 nitrogen and oxygen atoms in total. The Morgan fingerprint density at radius 2 is 1.92 bits per heavy atom. The van der Waals surface area contributed by atoms with E-state index in [1.807, 2.05) is 0 Å². The summed E-state index contributed by atoms with van der Waals surface area (Å²) in [6, 6.07) is 9.30. The van der Waals surface area contributed by atoms with E-state index in [0.717, 1.165) is 5.39 Å². The Morgan fingerprint density at radius 1 is 1.12 bits per heavy atom. The van der Waals surface area contributed by atoms with E-state index in [1.54, 1.807) is 25.1 Å². The van der Waals surface area contributed by atoms with Gasteiger partial charge in [-0.1, -0.05) is 0 Å². The molecule has 0 aliphatic rings. The molecule has 3 aromatic rings. The molecule has 2 aromatic heterocycles. The number of carbonyl (C=O) groups excluding carboxylic acids is 2. The smallest absolute Gasteiger partial charge is 0.336 e. The van der Waals surface area contributed by atoms with Gasteiger partial charge in [0.1, 0.15) is 17.1 Å². The Kier molecular flexibility index (Phi) is 4.51. The molecule has 0 spiro atoms. The molecule has 0 aliphatic heterocycles. The molecule has 0 aliphatic carbocycles. The van der Waals surface area contributed by atoms with Crippen molar-refractivity contribution in [3.05, 3.63) is 64.4 Å². The largest absolute Gasteiger partial charge is 0.484 e. The Labute approximate surface area is 141 Å². The molecule has 2 amide bonds. The third kappa shape index (κ3) is 3.86. The first kappa shape index (κ1) is 16.3. The van der Waals surface area contributed by atoms with Crippen molar-refractivity contribution in [1.29, 1.82) is 0 Å². The van der Waals surface area contributed by atoms with Crippen molar-refractivity contribution in [2.45, 2.75) is 6.92 Å². The molecule has 2 heterocycles. The highest BCUT2D eigenvalue weighted by Crippen LogP contribution is 2.19. The van der Waals surface area contributed by atoms with Gasteiger partial charge in [-0.25, -0.2) is 4.79 Å². The Balaban J connectivity index is 1.54. The normalized spacial score (nSPS) is 10.4. The van der Waals surface area contributed by atoms with Crippen molar-refractivity contribution in [2.75, 3.05) is 6.61 Å². The van der Waals surface area contributed by atoms with Crippen LogP contribution < -0.4 is 21.2 Å². The summed E-state index contributed by atoms with van der Waals surface area (Å²) in [6.07, 6.45) is 1.38. The van der Waals surface area contributed by atoms with Crippen LogP contribution in [0.25, 0.3) is 11.0 Å². The number of furan rings is 1. The lowest BCUT2D eigenvalue weighted by atomic mass is 10.2. The fourth-order valence-corrected chi connectivity index (χ4v) is 2.13. The summed E-state index contributed by atoms with van der Waals surface area (Å²) in [5.41, 5.74) is 4.70. The number of hydrogen-bond acceptors (Lipinski definition) is 6. The van der Waals surface area contributed by atoms with E-state index in [4.69, 9.17) is 13.6 Å². The van der Waals surface area contributed by atoms with Crippen molar-refractivity contribution in [1.82, 2.24) is 10.9 Å². The summed E-state index contributed by atoms with van der Waals surface area (Å²) in [5, 5.41) is 0.735. The van der Waals surface area contributed by atoms with Gasteiger partial charge in [0.25, 0.3) is 11.8 Å². The van der Waals surface area contributed by atoms with Crippen LogP contribution in [-0.4, -0.2) is 18.4 Å². The van der Waals surface area contributed by atoms with E-state index in [9.17, 15) is 14.4 Å². The summed E-state index contributed by atoms with van der Waals surface area (Å²) >= 11 is 0. The number of carbonyl (C=O) groups is 2. The molecule has 128 valence electrons. The number of benzene rings is 1. The van der Waals surface area contributed by atoms with Gasteiger partial charge in [0.2, 0.25) is 0 Å². The van der Waals surface area contributed by atoms with Crippen molar-refractivity contribution in [2.24, 2.45) is 0 Å². The summed E-state index contributed by atoms with van der Waals surface area (Å²) in [5.74, 6) is -0.245. The number of rotatable bonds is 4. The minimum Gasteiger partial charge on any atom is -0.484 e. The van der Waals surface area contributed by atoms with Gasteiger partial charge < -0.3 is 13.6 Å². The van der Waals surface area contributed by atoms with Gasteiger partial charge in [0.05, 0.1) is 11.8 Å². The van der Waals surface area contributed by atoms with Gasteiger partial charge in [-0.05, 0) is 31.2 Å². The lowest BCUT2D eigenvalue weighted by Crippen LogP contribution is -2.43. The molecule has 1 aromatic carbocycles. The monoisotopic (exact) mass is 342 g/mol. The molecular formula is C17H14N2O6. The van der Waals surface area contributed by atoms with Gasteiger partial charge >= 0.3 is 5.63 Å². The SMILES string of the molecule is Cc1occc1C(=O)NNC(=O)COc1ccc2ccc(=O)oc2c1. The van der Waals surface area contributed by atoms with Crippen LogP contribution >= 0.6 is 0 Å². The van der Waals surface area contributed by atoms with Crippen LogP contribution in [0, 0.1) is 6.92 Å². The van der Waals surface area contributed by atoms with Crippen molar-refractivity contribution in [3.8, 4) is 5.75 Å². The zero-order chi connectivity index (χ0) is 17.8. The molecule has 0 atom stereocenters. The van der Waals surface area contributed by atoms with E-state index >= 15 is 0 Å². The molecule has 0 unspecified atom stereocenters. The second kappa shape index (κ2) is 6.91. The number of aryl methyl sites for hydroxylation is 1. The first-order valence-electron chi connectivity index (χ1n) is 7.33. The number of fused-ring (bicyclic) bond motifs is 1. The van der Waals surface area contributed by atoms with Crippen molar-refractivity contribution < 1.29 is 23.2 Å². The van der Waals surface area contributed by atoms with Crippen LogP contribution in [-0.2, 0) is 4.79 Å². The third-order valence-corrected chi connectivity index (χ3v) is 3.38. The molecule has 0 fully saturated rings. The Hall–Kier alpha value is -3.55. The minimum atomic E-state index is -0.552. The quantitative estimate of drug-likeness (QED) is 0.549. The van der Waals surface area contributed by atoms with Gasteiger partial charge in [-0.15, -0.1) is 0 Å². The van der Waals surface area contributed by atoms with Gasteiger partial charge in [0, 0.05) is 17.5 Å². The number of hydrogen-bond donors (Lipinski definition) is 2. The van der Waals surface area contributed by atoms with Crippen LogP contribution in [0.3, 0.4) is 0 Å². The lowest BCUT2D eigenvalue weighted by molar-refractivity contribution is -0.123. The lowest BCUT2D eigenvalue weighted by Gasteiger charge is -2.08. The van der Waals surface area contributed by atoms with Crippen LogP contribution in [0.1, 0.15) is 16.1 Å².